The van der Waals surface area contributed by atoms with E-state index in [9.17, 15) is 44.1 Å². The van der Waals surface area contributed by atoms with Crippen LogP contribution in [0.4, 0.5) is 21.5 Å². The van der Waals surface area contributed by atoms with Crippen molar-refractivity contribution in [3.63, 3.8) is 0 Å². The Balaban J connectivity index is 3.06. The van der Waals surface area contributed by atoms with Gasteiger partial charge in [-0.2, -0.15) is 4.39 Å². The predicted molar refractivity (Wildman–Crippen MR) is 93.8 cm³/mol. The molecule has 1 amide bonds. The Morgan fingerprint density at radius 3 is 2.10 bits per heavy atom. The van der Waals surface area contributed by atoms with Crippen LogP contribution >= 0.6 is 0 Å². The zero-order valence-corrected chi connectivity index (χ0v) is 15.1. The zero-order chi connectivity index (χ0) is 22.5. The molecule has 0 saturated carbocycles. The molecule has 0 aliphatic heterocycles. The Kier molecular flexibility index (Phi) is 7.51. The van der Waals surface area contributed by atoms with Gasteiger partial charge in [0.15, 0.2) is 0 Å². The van der Waals surface area contributed by atoms with E-state index >= 15 is 0 Å². The summed E-state index contributed by atoms with van der Waals surface area (Å²) in [5.41, 5.74) is -2.54. The first-order valence-corrected chi connectivity index (χ1v) is 7.99. The minimum absolute atomic E-state index is 0.386. The Bertz CT molecular complexity index is 860. The van der Waals surface area contributed by atoms with E-state index in [4.69, 9.17) is 5.11 Å². The molecule has 0 aliphatic rings. The molecule has 0 aromatic heterocycles. The number of hydrogen-bond donors (Lipinski definition) is 4. The van der Waals surface area contributed by atoms with Crippen molar-refractivity contribution >= 4 is 34.9 Å². The molecule has 1 aromatic rings. The third kappa shape index (κ3) is 6.08. The number of aliphatic carboxylic acids is 2. The lowest BCUT2D eigenvalue weighted by Crippen LogP contribution is -2.50. The lowest BCUT2D eigenvalue weighted by molar-refractivity contribution is -0.395. The molecule has 1 aromatic carbocycles. The number of nitro benzene ring substituents is 2. The summed E-state index contributed by atoms with van der Waals surface area (Å²) < 4.78 is 13.8. The number of carboxylic acids is 2. The number of amides is 1. The summed E-state index contributed by atoms with van der Waals surface area (Å²) in [4.78, 5) is 53.9. The zero-order valence-electron chi connectivity index (χ0n) is 15.1. The maximum Gasteiger partial charge on any atom is 0.326 e. The lowest BCUT2D eigenvalue weighted by atomic mass is 9.98. The van der Waals surface area contributed by atoms with E-state index < -0.39 is 75.0 Å². The molecule has 13 nitrogen and oxygen atoms in total. The fourth-order valence-corrected chi connectivity index (χ4v) is 2.38. The Morgan fingerprint density at radius 2 is 1.66 bits per heavy atom. The number of nitrogens with one attached hydrogen (secondary N) is 2. The van der Waals surface area contributed by atoms with Crippen molar-refractivity contribution in [1.29, 1.82) is 0 Å². The number of rotatable bonds is 10. The molecule has 0 unspecified atom stereocenters. The maximum atomic E-state index is 13.8. The van der Waals surface area contributed by atoms with Crippen LogP contribution in [0.25, 0.3) is 0 Å². The second kappa shape index (κ2) is 9.38. The van der Waals surface area contributed by atoms with Gasteiger partial charge in [-0.15, -0.1) is 0 Å². The Labute approximate surface area is 161 Å². The molecule has 0 saturated heterocycles. The Hall–Kier alpha value is -3.84. The van der Waals surface area contributed by atoms with Crippen molar-refractivity contribution in [2.24, 2.45) is 5.92 Å². The van der Waals surface area contributed by atoms with Gasteiger partial charge in [-0.1, -0.05) is 6.92 Å². The summed E-state index contributed by atoms with van der Waals surface area (Å²) in [5.74, 6) is -6.10. The molecule has 3 atom stereocenters. The standard InChI is InChI=1S/C15H17FN4O9/c1-6(3-12(21)22)13(15(24)25)18-14(23)7(2)17-9-4-8(16)10(19(26)27)5-11(9)20(28)29/h4-7,13,17H,3H2,1-2H3,(H,18,23)(H,21,22)(H,24,25)/t6-,7+,13-/m0/s1. The van der Waals surface area contributed by atoms with Crippen molar-refractivity contribution in [3.8, 4) is 0 Å². The third-order valence-corrected chi connectivity index (χ3v) is 3.85. The molecule has 14 heteroatoms. The average molecular weight is 416 g/mol. The number of benzene rings is 1. The minimum Gasteiger partial charge on any atom is -0.481 e. The van der Waals surface area contributed by atoms with Gasteiger partial charge in [0.1, 0.15) is 17.8 Å². The third-order valence-electron chi connectivity index (χ3n) is 3.85. The number of nitrogens with zero attached hydrogens (tertiary/aromatic N) is 2. The van der Waals surface area contributed by atoms with Crippen LogP contribution in [-0.2, 0) is 14.4 Å². The van der Waals surface area contributed by atoms with Crippen LogP contribution in [0, 0.1) is 32.0 Å². The van der Waals surface area contributed by atoms with Crippen LogP contribution in [0.5, 0.6) is 0 Å². The van der Waals surface area contributed by atoms with Gasteiger partial charge in [-0.25, -0.2) is 4.79 Å². The van der Waals surface area contributed by atoms with Gasteiger partial charge in [0, 0.05) is 6.07 Å². The SMILES string of the molecule is C[C@@H](Nc1cc(F)c([N+](=O)[O-])cc1[N+](=O)[O-])C(=O)N[C@H](C(=O)O)[C@@H](C)CC(=O)O. The van der Waals surface area contributed by atoms with E-state index in [0.717, 1.165) is 0 Å². The van der Waals surface area contributed by atoms with Gasteiger partial charge in [0.2, 0.25) is 11.7 Å². The molecular formula is C15H17FN4O9. The van der Waals surface area contributed by atoms with Crippen LogP contribution in [0.3, 0.4) is 0 Å². The second-order valence-corrected chi connectivity index (χ2v) is 6.10. The first kappa shape index (κ1) is 23.2. The van der Waals surface area contributed by atoms with Gasteiger partial charge in [0.05, 0.1) is 22.3 Å². The summed E-state index contributed by atoms with van der Waals surface area (Å²) in [7, 11) is 0. The number of hydrogen-bond acceptors (Lipinski definition) is 8. The summed E-state index contributed by atoms with van der Waals surface area (Å²) in [6.07, 6.45) is -0.544. The Morgan fingerprint density at radius 1 is 1.10 bits per heavy atom. The van der Waals surface area contributed by atoms with Crippen LogP contribution in [0.1, 0.15) is 20.3 Å². The van der Waals surface area contributed by atoms with Crippen molar-refractivity contribution in [3.05, 3.63) is 38.2 Å². The van der Waals surface area contributed by atoms with E-state index in [1.54, 1.807) is 0 Å². The van der Waals surface area contributed by atoms with Crippen molar-refractivity contribution < 1.29 is 38.8 Å². The van der Waals surface area contributed by atoms with Crippen LogP contribution in [-0.4, -0.2) is 50.0 Å². The number of carboxylic acid groups (broad SMARTS) is 2. The molecule has 1 rings (SSSR count). The largest absolute Gasteiger partial charge is 0.481 e. The van der Waals surface area contributed by atoms with Crippen LogP contribution < -0.4 is 10.6 Å². The molecular weight excluding hydrogens is 399 g/mol. The van der Waals surface area contributed by atoms with E-state index in [0.29, 0.717) is 12.1 Å². The van der Waals surface area contributed by atoms with Gasteiger partial charge >= 0.3 is 17.6 Å². The van der Waals surface area contributed by atoms with Gasteiger partial charge in [-0.05, 0) is 12.8 Å². The quantitative estimate of drug-likeness (QED) is 0.316. The molecule has 0 heterocycles. The first-order valence-electron chi connectivity index (χ1n) is 7.99. The predicted octanol–water partition coefficient (Wildman–Crippen LogP) is 1.12. The highest BCUT2D eigenvalue weighted by molar-refractivity contribution is 5.89. The van der Waals surface area contributed by atoms with Crippen LogP contribution in [0.15, 0.2) is 12.1 Å². The monoisotopic (exact) mass is 416 g/mol. The molecule has 4 N–H and O–H groups in total. The van der Waals surface area contributed by atoms with E-state index in [1.807, 2.05) is 0 Å². The van der Waals surface area contributed by atoms with Gasteiger partial charge < -0.3 is 20.8 Å². The molecule has 0 radical (unpaired) electrons. The fourth-order valence-electron chi connectivity index (χ4n) is 2.38. The fraction of sp³-hybridized carbons (Fsp3) is 0.400. The molecule has 0 spiro atoms. The second-order valence-electron chi connectivity index (χ2n) is 6.10. The van der Waals surface area contributed by atoms with E-state index in [2.05, 4.69) is 10.6 Å². The molecule has 158 valence electrons. The highest BCUT2D eigenvalue weighted by Gasteiger charge is 2.31. The average Bonchev–Trinajstić information content (AvgIpc) is 2.57. The van der Waals surface area contributed by atoms with Crippen molar-refractivity contribution in [2.75, 3.05) is 5.32 Å². The normalized spacial score (nSPS) is 13.6. The topological polar surface area (TPSA) is 202 Å². The minimum atomic E-state index is -1.56. The number of anilines is 1. The maximum absolute atomic E-state index is 13.8. The molecule has 0 aliphatic carbocycles. The molecule has 29 heavy (non-hydrogen) atoms. The highest BCUT2D eigenvalue weighted by atomic mass is 19.1. The van der Waals surface area contributed by atoms with Crippen molar-refractivity contribution in [1.82, 2.24) is 5.32 Å². The molecule has 0 bridgehead atoms. The number of carbonyl (C=O) groups excluding carboxylic acids is 1. The summed E-state index contributed by atoms with van der Waals surface area (Å²) in [5, 5.41) is 44.2. The summed E-state index contributed by atoms with van der Waals surface area (Å²) in [6.45, 7) is 2.47. The number of halogens is 1. The first-order chi connectivity index (χ1) is 13.3. The van der Waals surface area contributed by atoms with E-state index in [1.165, 1.54) is 13.8 Å². The highest BCUT2D eigenvalue weighted by Crippen LogP contribution is 2.32. The van der Waals surface area contributed by atoms with Crippen molar-refractivity contribution in [2.45, 2.75) is 32.4 Å². The summed E-state index contributed by atoms with van der Waals surface area (Å²) in [6, 6.07) is -2.03. The van der Waals surface area contributed by atoms with E-state index in [-0.39, 0.29) is 0 Å². The van der Waals surface area contributed by atoms with Gasteiger partial charge in [-0.3, -0.25) is 29.8 Å². The number of carbonyl (C=O) groups is 3. The smallest absolute Gasteiger partial charge is 0.326 e. The van der Waals surface area contributed by atoms with Gasteiger partial charge in [0.25, 0.3) is 5.69 Å². The molecule has 0 fully saturated rings. The number of nitro groups is 2. The lowest BCUT2D eigenvalue weighted by Gasteiger charge is -2.23. The van der Waals surface area contributed by atoms with Crippen LogP contribution in [0.2, 0.25) is 0 Å². The summed E-state index contributed by atoms with van der Waals surface area (Å²) >= 11 is 0.